The fraction of sp³-hybridized carbons (Fsp3) is 0.300. The standard InChI is InChI=1S/C10H10F3NO/c1-6-3-4-9(14-7(2)15)8(5-6)10(11,12)13/h3-5H,1-2H3,(H,14,15). The van der Waals surface area contributed by atoms with Crippen molar-refractivity contribution in [3.8, 4) is 0 Å². The largest absolute Gasteiger partial charge is 0.418 e. The van der Waals surface area contributed by atoms with E-state index in [4.69, 9.17) is 0 Å². The van der Waals surface area contributed by atoms with Gasteiger partial charge < -0.3 is 5.32 Å². The highest BCUT2D eigenvalue weighted by atomic mass is 19.4. The van der Waals surface area contributed by atoms with Gasteiger partial charge in [0.05, 0.1) is 11.3 Å². The van der Waals surface area contributed by atoms with E-state index in [0.29, 0.717) is 5.56 Å². The molecule has 0 unspecified atom stereocenters. The third-order valence-electron chi connectivity index (χ3n) is 1.79. The number of amides is 1. The zero-order chi connectivity index (χ0) is 11.6. The fourth-order valence-electron chi connectivity index (χ4n) is 1.19. The van der Waals surface area contributed by atoms with Crippen molar-refractivity contribution in [2.24, 2.45) is 0 Å². The molecule has 0 saturated carbocycles. The van der Waals surface area contributed by atoms with E-state index in [1.54, 1.807) is 6.92 Å². The maximum Gasteiger partial charge on any atom is 0.418 e. The summed E-state index contributed by atoms with van der Waals surface area (Å²) < 4.78 is 37.6. The number of aryl methyl sites for hydroxylation is 1. The Bertz CT molecular complexity index is 385. The Morgan fingerprint density at radius 1 is 1.33 bits per heavy atom. The van der Waals surface area contributed by atoms with Crippen molar-refractivity contribution in [2.45, 2.75) is 20.0 Å². The Morgan fingerprint density at radius 2 is 1.93 bits per heavy atom. The van der Waals surface area contributed by atoms with Crippen LogP contribution in [0.4, 0.5) is 18.9 Å². The van der Waals surface area contributed by atoms with Crippen molar-refractivity contribution in [1.29, 1.82) is 0 Å². The van der Waals surface area contributed by atoms with E-state index >= 15 is 0 Å². The summed E-state index contributed by atoms with van der Waals surface area (Å²) in [5, 5.41) is 2.15. The van der Waals surface area contributed by atoms with Gasteiger partial charge in [-0.25, -0.2) is 0 Å². The van der Waals surface area contributed by atoms with E-state index in [1.165, 1.54) is 19.1 Å². The first-order valence-corrected chi connectivity index (χ1v) is 4.26. The number of carbonyl (C=O) groups excluding carboxylic acids is 1. The van der Waals surface area contributed by atoms with Crippen LogP contribution in [0, 0.1) is 6.92 Å². The van der Waals surface area contributed by atoms with Gasteiger partial charge in [-0.1, -0.05) is 11.6 Å². The number of carbonyl (C=O) groups is 1. The van der Waals surface area contributed by atoms with E-state index in [9.17, 15) is 18.0 Å². The second-order valence-electron chi connectivity index (χ2n) is 3.23. The first-order chi connectivity index (χ1) is 6.80. The van der Waals surface area contributed by atoms with Crippen molar-refractivity contribution in [3.05, 3.63) is 29.3 Å². The second kappa shape index (κ2) is 3.92. The number of rotatable bonds is 1. The molecule has 1 N–H and O–H groups in total. The maximum absolute atomic E-state index is 12.5. The third-order valence-corrected chi connectivity index (χ3v) is 1.79. The number of benzene rings is 1. The highest BCUT2D eigenvalue weighted by molar-refractivity contribution is 5.89. The fourth-order valence-corrected chi connectivity index (χ4v) is 1.19. The molecule has 0 aliphatic rings. The molecule has 0 atom stereocenters. The second-order valence-corrected chi connectivity index (χ2v) is 3.23. The predicted octanol–water partition coefficient (Wildman–Crippen LogP) is 2.97. The smallest absolute Gasteiger partial charge is 0.326 e. The van der Waals surface area contributed by atoms with Crippen LogP contribution in [0.2, 0.25) is 0 Å². The highest BCUT2D eigenvalue weighted by Gasteiger charge is 2.33. The van der Waals surface area contributed by atoms with Crippen LogP contribution >= 0.6 is 0 Å². The molecule has 0 fully saturated rings. The summed E-state index contributed by atoms with van der Waals surface area (Å²) in [6, 6.07) is 3.77. The van der Waals surface area contributed by atoms with Crippen molar-refractivity contribution >= 4 is 11.6 Å². The topological polar surface area (TPSA) is 29.1 Å². The van der Waals surface area contributed by atoms with Gasteiger partial charge in [0.15, 0.2) is 0 Å². The normalized spacial score (nSPS) is 11.3. The molecule has 1 aromatic carbocycles. The number of nitrogens with one attached hydrogen (secondary N) is 1. The van der Waals surface area contributed by atoms with Gasteiger partial charge in [-0.2, -0.15) is 13.2 Å². The molecule has 1 rings (SSSR count). The molecule has 1 aromatic rings. The summed E-state index contributed by atoms with van der Waals surface area (Å²) in [6.07, 6.45) is -4.45. The van der Waals surface area contributed by atoms with Gasteiger partial charge in [0.2, 0.25) is 5.91 Å². The third kappa shape index (κ3) is 2.97. The summed E-state index contributed by atoms with van der Waals surface area (Å²) in [5.74, 6) is -0.524. The van der Waals surface area contributed by atoms with E-state index < -0.39 is 17.6 Å². The minimum Gasteiger partial charge on any atom is -0.326 e. The van der Waals surface area contributed by atoms with Crippen LogP contribution in [-0.4, -0.2) is 5.91 Å². The van der Waals surface area contributed by atoms with Crippen LogP contribution in [0.25, 0.3) is 0 Å². The van der Waals surface area contributed by atoms with Crippen LogP contribution < -0.4 is 5.32 Å². The molecule has 0 aliphatic carbocycles. The molecule has 0 heterocycles. The predicted molar refractivity (Wildman–Crippen MR) is 50.5 cm³/mol. The van der Waals surface area contributed by atoms with Gasteiger partial charge in [0.1, 0.15) is 0 Å². The Hall–Kier alpha value is -1.52. The molecular weight excluding hydrogens is 207 g/mol. The SMILES string of the molecule is CC(=O)Nc1ccc(C)cc1C(F)(F)F. The van der Waals surface area contributed by atoms with Gasteiger partial charge in [0, 0.05) is 6.92 Å². The molecule has 82 valence electrons. The molecule has 1 amide bonds. The molecule has 15 heavy (non-hydrogen) atoms. The van der Waals surface area contributed by atoms with Crippen LogP contribution in [0.15, 0.2) is 18.2 Å². The molecule has 0 aromatic heterocycles. The van der Waals surface area contributed by atoms with E-state index in [0.717, 1.165) is 6.07 Å². The number of hydrogen-bond donors (Lipinski definition) is 1. The summed E-state index contributed by atoms with van der Waals surface area (Å²) in [5.41, 5.74) is -0.533. The minimum absolute atomic E-state index is 0.208. The lowest BCUT2D eigenvalue weighted by Crippen LogP contribution is -2.14. The van der Waals surface area contributed by atoms with Gasteiger partial charge in [0.25, 0.3) is 0 Å². The highest BCUT2D eigenvalue weighted by Crippen LogP contribution is 2.35. The average Bonchev–Trinajstić information content (AvgIpc) is 2.05. The molecule has 0 saturated heterocycles. The zero-order valence-corrected chi connectivity index (χ0v) is 8.27. The van der Waals surface area contributed by atoms with Crippen LogP contribution in [0.1, 0.15) is 18.1 Å². The molecule has 0 radical (unpaired) electrons. The van der Waals surface area contributed by atoms with E-state index in [-0.39, 0.29) is 5.69 Å². The molecule has 0 bridgehead atoms. The number of hydrogen-bond acceptors (Lipinski definition) is 1. The summed E-state index contributed by atoms with van der Waals surface area (Å²) >= 11 is 0. The van der Waals surface area contributed by atoms with Gasteiger partial charge in [-0.05, 0) is 19.1 Å². The summed E-state index contributed by atoms with van der Waals surface area (Å²) in [7, 11) is 0. The quantitative estimate of drug-likeness (QED) is 0.769. The lowest BCUT2D eigenvalue weighted by molar-refractivity contribution is -0.137. The zero-order valence-electron chi connectivity index (χ0n) is 8.27. The lowest BCUT2D eigenvalue weighted by atomic mass is 10.1. The van der Waals surface area contributed by atoms with Gasteiger partial charge in [-0.15, -0.1) is 0 Å². The van der Waals surface area contributed by atoms with E-state index in [1.807, 2.05) is 0 Å². The number of alkyl halides is 3. The number of anilines is 1. The first-order valence-electron chi connectivity index (χ1n) is 4.26. The molecule has 5 heteroatoms. The van der Waals surface area contributed by atoms with Crippen molar-refractivity contribution in [1.82, 2.24) is 0 Å². The van der Waals surface area contributed by atoms with Crippen LogP contribution in [-0.2, 0) is 11.0 Å². The Labute approximate surface area is 85.1 Å². The maximum atomic E-state index is 12.5. The van der Waals surface area contributed by atoms with Crippen LogP contribution in [0.3, 0.4) is 0 Å². The minimum atomic E-state index is -4.45. The lowest BCUT2D eigenvalue weighted by Gasteiger charge is -2.13. The molecule has 2 nitrogen and oxygen atoms in total. The molecular formula is C10H10F3NO. The van der Waals surface area contributed by atoms with Crippen molar-refractivity contribution < 1.29 is 18.0 Å². The molecule has 0 aliphatic heterocycles. The summed E-state index contributed by atoms with van der Waals surface area (Å²) in [6.45, 7) is 2.73. The van der Waals surface area contributed by atoms with Gasteiger partial charge >= 0.3 is 6.18 Å². The Morgan fingerprint density at radius 3 is 2.40 bits per heavy atom. The van der Waals surface area contributed by atoms with Crippen molar-refractivity contribution in [3.63, 3.8) is 0 Å². The van der Waals surface area contributed by atoms with Crippen molar-refractivity contribution in [2.75, 3.05) is 5.32 Å². The monoisotopic (exact) mass is 217 g/mol. The first kappa shape index (κ1) is 11.6. The van der Waals surface area contributed by atoms with Gasteiger partial charge in [-0.3, -0.25) is 4.79 Å². The Kier molecular flexibility index (Phi) is 3.02. The summed E-state index contributed by atoms with van der Waals surface area (Å²) in [4.78, 5) is 10.7. The Balaban J connectivity index is 3.20. The average molecular weight is 217 g/mol. The number of halogens is 3. The van der Waals surface area contributed by atoms with Crippen LogP contribution in [0.5, 0.6) is 0 Å². The molecule has 0 spiro atoms. The van der Waals surface area contributed by atoms with E-state index in [2.05, 4.69) is 5.32 Å².